The summed E-state index contributed by atoms with van der Waals surface area (Å²) in [5.74, 6) is 0.431. The Morgan fingerprint density at radius 2 is 1.13 bits per heavy atom. The van der Waals surface area contributed by atoms with Gasteiger partial charge in [-0.15, -0.1) is 0 Å². The lowest BCUT2D eigenvalue weighted by molar-refractivity contribution is 0.449. The van der Waals surface area contributed by atoms with Gasteiger partial charge in [0, 0.05) is 6.26 Å². The summed E-state index contributed by atoms with van der Waals surface area (Å²) in [5, 5.41) is 0. The summed E-state index contributed by atoms with van der Waals surface area (Å²) in [5.41, 5.74) is 6.91. The van der Waals surface area contributed by atoms with Crippen LogP contribution in [-0.2, 0) is 29.8 Å². The Labute approximate surface area is 226 Å². The van der Waals surface area contributed by atoms with Crippen molar-refractivity contribution in [1.82, 2.24) is 0 Å². The molecule has 0 aromatic heterocycles. The molecular formula is C26H23NO9S3. The van der Waals surface area contributed by atoms with Crippen LogP contribution >= 0.6 is 0 Å². The molecule has 0 aliphatic rings. The number of nitrogens with two attached hydrogens (primary N) is 1. The molecule has 0 aliphatic carbocycles. The van der Waals surface area contributed by atoms with Crippen LogP contribution in [0, 0.1) is 6.92 Å². The van der Waals surface area contributed by atoms with Crippen LogP contribution in [0.3, 0.4) is 0 Å². The summed E-state index contributed by atoms with van der Waals surface area (Å²) >= 11 is 0. The van der Waals surface area contributed by atoms with Crippen molar-refractivity contribution in [2.24, 2.45) is 0 Å². The number of sulfone groups is 2. The number of hydrogen-bond donors (Lipinski definition) is 2. The molecule has 0 unspecified atom stereocenters. The Kier molecular flexibility index (Phi) is 7.45. The minimum atomic E-state index is -4.84. The molecule has 4 aromatic carbocycles. The fraction of sp³-hybridized carbons (Fsp3) is 0.0769. The number of anilines is 1. The minimum absolute atomic E-state index is 0.0216. The quantitative estimate of drug-likeness (QED) is 0.218. The zero-order chi connectivity index (χ0) is 28.6. The fourth-order valence-corrected chi connectivity index (χ4v) is 6.13. The van der Waals surface area contributed by atoms with Crippen LogP contribution in [0.4, 0.5) is 5.69 Å². The van der Waals surface area contributed by atoms with E-state index in [4.69, 9.17) is 15.2 Å². The van der Waals surface area contributed by atoms with Crippen LogP contribution in [-0.4, -0.2) is 36.1 Å². The van der Waals surface area contributed by atoms with E-state index < -0.39 is 34.7 Å². The average molecular weight is 590 g/mol. The standard InChI is InChI=1S/C26H23NO9S3/c1-17-3-5-18(6-4-17)36-25-14-12-22(16-26(25)39(32,33)34)38(30,31)20-9-7-19(8-10-20)35-24-13-11-21(15-23(24)27)37(2,28)29/h3-16H,27H2,1-2H3,(H,32,33,34). The molecule has 0 bridgehead atoms. The van der Waals surface area contributed by atoms with Gasteiger partial charge in [-0.1, -0.05) is 17.7 Å². The van der Waals surface area contributed by atoms with E-state index in [0.717, 1.165) is 24.0 Å². The molecule has 0 fully saturated rings. The first-order valence-corrected chi connectivity index (χ1v) is 15.9. The van der Waals surface area contributed by atoms with Gasteiger partial charge in [-0.2, -0.15) is 8.42 Å². The monoisotopic (exact) mass is 589 g/mol. The van der Waals surface area contributed by atoms with Crippen LogP contribution < -0.4 is 15.2 Å². The molecule has 0 spiro atoms. The molecule has 4 rings (SSSR count). The van der Waals surface area contributed by atoms with Gasteiger partial charge in [0.2, 0.25) is 9.84 Å². The molecule has 204 valence electrons. The van der Waals surface area contributed by atoms with Crippen molar-refractivity contribution >= 4 is 35.5 Å². The number of rotatable bonds is 8. The van der Waals surface area contributed by atoms with E-state index in [-0.39, 0.29) is 37.6 Å². The Balaban J connectivity index is 1.62. The Morgan fingerprint density at radius 1 is 0.641 bits per heavy atom. The Morgan fingerprint density at radius 3 is 1.67 bits per heavy atom. The molecular weight excluding hydrogens is 566 g/mol. The van der Waals surface area contributed by atoms with E-state index in [1.165, 1.54) is 48.5 Å². The van der Waals surface area contributed by atoms with Gasteiger partial charge in [-0.25, -0.2) is 16.8 Å². The molecule has 39 heavy (non-hydrogen) atoms. The molecule has 4 aromatic rings. The van der Waals surface area contributed by atoms with E-state index in [0.29, 0.717) is 5.75 Å². The highest BCUT2D eigenvalue weighted by Gasteiger charge is 2.25. The highest BCUT2D eigenvalue weighted by molar-refractivity contribution is 7.91. The third-order valence-corrected chi connectivity index (χ3v) is 9.28. The van der Waals surface area contributed by atoms with Gasteiger partial charge < -0.3 is 15.2 Å². The van der Waals surface area contributed by atoms with Crippen molar-refractivity contribution in [3.05, 3.63) is 90.5 Å². The van der Waals surface area contributed by atoms with Crippen molar-refractivity contribution in [1.29, 1.82) is 0 Å². The fourth-order valence-electron chi connectivity index (χ4n) is 3.47. The van der Waals surface area contributed by atoms with Crippen LogP contribution in [0.2, 0.25) is 0 Å². The smallest absolute Gasteiger partial charge is 0.298 e. The van der Waals surface area contributed by atoms with E-state index in [2.05, 4.69) is 0 Å². The number of aryl methyl sites for hydroxylation is 1. The molecule has 0 heterocycles. The second-order valence-corrected chi connectivity index (χ2v) is 13.9. The molecule has 0 saturated heterocycles. The maximum Gasteiger partial charge on any atom is 0.298 e. The van der Waals surface area contributed by atoms with Crippen molar-refractivity contribution in [2.75, 3.05) is 12.0 Å². The third kappa shape index (κ3) is 6.40. The molecule has 0 atom stereocenters. The van der Waals surface area contributed by atoms with Gasteiger partial charge in [0.05, 0.1) is 20.4 Å². The second-order valence-electron chi connectivity index (χ2n) is 8.55. The molecule has 0 saturated carbocycles. The van der Waals surface area contributed by atoms with Crippen molar-refractivity contribution in [2.45, 2.75) is 26.5 Å². The van der Waals surface area contributed by atoms with Crippen molar-refractivity contribution in [3.63, 3.8) is 0 Å². The summed E-state index contributed by atoms with van der Waals surface area (Å²) < 4.78 is 94.9. The van der Waals surface area contributed by atoms with Gasteiger partial charge in [-0.05, 0) is 79.7 Å². The summed E-state index contributed by atoms with van der Waals surface area (Å²) in [4.78, 5) is -1.25. The molecule has 0 aliphatic heterocycles. The topological polar surface area (TPSA) is 167 Å². The summed E-state index contributed by atoms with van der Waals surface area (Å²) in [6, 6.07) is 19.0. The molecule has 13 heteroatoms. The maximum absolute atomic E-state index is 13.2. The molecule has 0 radical (unpaired) electrons. The molecule has 0 amide bonds. The van der Waals surface area contributed by atoms with Gasteiger partial charge in [-0.3, -0.25) is 4.55 Å². The van der Waals surface area contributed by atoms with Crippen molar-refractivity contribution in [3.8, 4) is 23.0 Å². The number of ether oxygens (including phenoxy) is 2. The lowest BCUT2D eigenvalue weighted by Crippen LogP contribution is -2.06. The van der Waals surface area contributed by atoms with Gasteiger partial charge in [0.1, 0.15) is 27.9 Å². The van der Waals surface area contributed by atoms with E-state index in [1.54, 1.807) is 24.3 Å². The normalized spacial score (nSPS) is 12.2. The number of hydrogen-bond acceptors (Lipinski definition) is 9. The van der Waals surface area contributed by atoms with E-state index in [1.807, 2.05) is 6.92 Å². The van der Waals surface area contributed by atoms with E-state index >= 15 is 0 Å². The maximum atomic E-state index is 13.2. The van der Waals surface area contributed by atoms with Crippen LogP contribution in [0.15, 0.2) is 105 Å². The van der Waals surface area contributed by atoms with E-state index in [9.17, 15) is 29.8 Å². The molecule has 10 nitrogen and oxygen atoms in total. The number of benzene rings is 4. The van der Waals surface area contributed by atoms with Gasteiger partial charge in [0.15, 0.2) is 9.84 Å². The van der Waals surface area contributed by atoms with Gasteiger partial charge in [0.25, 0.3) is 10.1 Å². The second kappa shape index (κ2) is 10.3. The van der Waals surface area contributed by atoms with Crippen LogP contribution in [0.5, 0.6) is 23.0 Å². The first kappa shape index (κ1) is 28.1. The first-order valence-electron chi connectivity index (χ1n) is 11.1. The zero-order valence-corrected chi connectivity index (χ0v) is 23.0. The van der Waals surface area contributed by atoms with Crippen LogP contribution in [0.25, 0.3) is 0 Å². The minimum Gasteiger partial charge on any atom is -0.456 e. The van der Waals surface area contributed by atoms with Crippen molar-refractivity contribution < 1.29 is 39.3 Å². The third-order valence-electron chi connectivity index (χ3n) is 5.52. The number of nitrogen functional groups attached to an aromatic ring is 1. The molecule has 3 N–H and O–H groups in total. The summed E-state index contributed by atoms with van der Waals surface area (Å²) in [6.07, 6.45) is 1.05. The highest BCUT2D eigenvalue weighted by atomic mass is 32.2. The lowest BCUT2D eigenvalue weighted by atomic mass is 10.2. The highest BCUT2D eigenvalue weighted by Crippen LogP contribution is 2.34. The largest absolute Gasteiger partial charge is 0.456 e. The summed E-state index contributed by atoms with van der Waals surface area (Å²) in [6.45, 7) is 1.86. The zero-order valence-electron chi connectivity index (χ0n) is 20.6. The lowest BCUT2D eigenvalue weighted by Gasteiger charge is -2.13. The SMILES string of the molecule is Cc1ccc(Oc2ccc(S(=O)(=O)c3ccc(Oc4ccc(S(C)(=O)=O)cc4N)cc3)cc2S(=O)(=O)O)cc1. The van der Waals surface area contributed by atoms with Crippen LogP contribution in [0.1, 0.15) is 5.56 Å². The first-order chi connectivity index (χ1) is 18.1. The summed E-state index contributed by atoms with van der Waals surface area (Å²) in [7, 11) is -12.5. The Hall–Kier alpha value is -3.91. The predicted octanol–water partition coefficient (Wildman–Crippen LogP) is 4.64. The van der Waals surface area contributed by atoms with Gasteiger partial charge >= 0.3 is 0 Å². The predicted molar refractivity (Wildman–Crippen MR) is 143 cm³/mol. The Bertz CT molecular complexity index is 1870. The average Bonchev–Trinajstić information content (AvgIpc) is 2.86.